The maximum atomic E-state index is 5.64. The molecule has 2 rings (SSSR count). The largest absolute Gasteiger partial charge is 0.384 e. The average molecular weight is 235 g/mol. The molecule has 5 heteroatoms. The monoisotopic (exact) mass is 235 g/mol. The van der Waals surface area contributed by atoms with Crippen LogP contribution in [0.15, 0.2) is 12.3 Å². The number of aromatic nitrogens is 2. The van der Waals surface area contributed by atoms with E-state index in [1.54, 1.807) is 12.3 Å². The Hall–Kier alpha value is -1.20. The highest BCUT2D eigenvalue weighted by Crippen LogP contribution is 2.09. The van der Waals surface area contributed by atoms with E-state index in [1.165, 1.54) is 19.3 Å². The highest BCUT2D eigenvalue weighted by molar-refractivity contribution is 5.24. The van der Waals surface area contributed by atoms with Crippen molar-refractivity contribution in [2.45, 2.75) is 31.8 Å². The number of anilines is 1. The first-order chi connectivity index (χ1) is 8.24. The van der Waals surface area contributed by atoms with Crippen LogP contribution in [0.3, 0.4) is 0 Å². The lowest BCUT2D eigenvalue weighted by Crippen LogP contribution is -2.42. The van der Waals surface area contributed by atoms with Crippen molar-refractivity contribution < 1.29 is 0 Å². The molecule has 1 aromatic rings. The van der Waals surface area contributed by atoms with E-state index in [4.69, 9.17) is 5.73 Å². The molecule has 1 aliphatic rings. The zero-order valence-electron chi connectivity index (χ0n) is 10.4. The quantitative estimate of drug-likeness (QED) is 0.801. The van der Waals surface area contributed by atoms with Gasteiger partial charge in [-0.05, 0) is 32.5 Å². The first-order valence-electron chi connectivity index (χ1n) is 6.23. The predicted molar refractivity (Wildman–Crippen MR) is 68.4 cm³/mol. The summed E-state index contributed by atoms with van der Waals surface area (Å²) in [6, 6.07) is 2.32. The van der Waals surface area contributed by atoms with Gasteiger partial charge in [-0.3, -0.25) is 4.90 Å². The van der Waals surface area contributed by atoms with E-state index in [9.17, 15) is 0 Å². The van der Waals surface area contributed by atoms with E-state index < -0.39 is 0 Å². The van der Waals surface area contributed by atoms with Crippen LogP contribution < -0.4 is 11.1 Å². The summed E-state index contributed by atoms with van der Waals surface area (Å²) in [6.45, 7) is 2.94. The van der Waals surface area contributed by atoms with E-state index in [-0.39, 0.29) is 0 Å². The van der Waals surface area contributed by atoms with Crippen molar-refractivity contribution in [1.82, 2.24) is 20.2 Å². The van der Waals surface area contributed by atoms with Gasteiger partial charge in [0.15, 0.2) is 0 Å². The Balaban J connectivity index is 1.82. The van der Waals surface area contributed by atoms with Gasteiger partial charge in [0, 0.05) is 18.8 Å². The van der Waals surface area contributed by atoms with Crippen LogP contribution in [0.25, 0.3) is 0 Å². The Kier molecular flexibility index (Phi) is 4.28. The molecule has 1 atom stereocenters. The molecule has 1 aliphatic heterocycles. The maximum Gasteiger partial charge on any atom is 0.144 e. The lowest BCUT2D eigenvalue weighted by atomic mass is 10.0. The summed E-state index contributed by atoms with van der Waals surface area (Å²) < 4.78 is 0. The molecule has 0 radical (unpaired) electrons. The van der Waals surface area contributed by atoms with Gasteiger partial charge in [0.25, 0.3) is 0 Å². The van der Waals surface area contributed by atoms with Gasteiger partial charge < -0.3 is 11.1 Å². The normalized spacial score (nSPS) is 20.7. The van der Waals surface area contributed by atoms with Crippen LogP contribution in [-0.2, 0) is 6.54 Å². The highest BCUT2D eigenvalue weighted by Gasteiger charge is 2.15. The van der Waals surface area contributed by atoms with Crippen LogP contribution in [0.5, 0.6) is 0 Å². The number of piperidine rings is 1. The van der Waals surface area contributed by atoms with Crippen molar-refractivity contribution in [2.75, 3.05) is 25.9 Å². The summed E-state index contributed by atoms with van der Waals surface area (Å²) in [5.74, 6) is 1.34. The molecule has 1 aromatic heterocycles. The Labute approximate surface area is 102 Å². The molecule has 5 nitrogen and oxygen atoms in total. The molecule has 3 N–H and O–H groups in total. The van der Waals surface area contributed by atoms with Gasteiger partial charge >= 0.3 is 0 Å². The Morgan fingerprint density at radius 3 is 3.12 bits per heavy atom. The molecule has 0 amide bonds. The van der Waals surface area contributed by atoms with E-state index >= 15 is 0 Å². The third kappa shape index (κ3) is 3.94. The fourth-order valence-corrected chi connectivity index (χ4v) is 2.25. The standard InChI is InChI=1S/C12H21N5/c1-17(8-10-4-2-3-6-14-10)9-12-15-7-5-11(13)16-12/h5,7,10,14H,2-4,6,8-9H2,1H3,(H2,13,15,16). The Morgan fingerprint density at radius 1 is 1.53 bits per heavy atom. The number of nitrogen functional groups attached to an aromatic ring is 1. The van der Waals surface area contributed by atoms with Crippen molar-refractivity contribution >= 4 is 5.82 Å². The summed E-state index contributed by atoms with van der Waals surface area (Å²) in [4.78, 5) is 10.7. The fraction of sp³-hybridized carbons (Fsp3) is 0.667. The third-order valence-electron chi connectivity index (χ3n) is 3.08. The SMILES string of the molecule is CN(Cc1nccc(N)n1)CC1CCCCN1. The number of rotatable bonds is 4. The highest BCUT2D eigenvalue weighted by atomic mass is 15.1. The minimum Gasteiger partial charge on any atom is -0.384 e. The first kappa shape index (κ1) is 12.3. The molecule has 1 unspecified atom stereocenters. The minimum absolute atomic E-state index is 0.541. The first-order valence-corrected chi connectivity index (χ1v) is 6.23. The van der Waals surface area contributed by atoms with Crippen LogP contribution in [-0.4, -0.2) is 41.0 Å². The lowest BCUT2D eigenvalue weighted by molar-refractivity contribution is 0.252. The number of hydrogen-bond donors (Lipinski definition) is 2. The Morgan fingerprint density at radius 2 is 2.41 bits per heavy atom. The number of nitrogens with two attached hydrogens (primary N) is 1. The molecule has 0 saturated carbocycles. The average Bonchev–Trinajstić information content (AvgIpc) is 2.30. The second kappa shape index (κ2) is 5.93. The molecular weight excluding hydrogens is 214 g/mol. The van der Waals surface area contributed by atoms with Gasteiger partial charge in [0.1, 0.15) is 11.6 Å². The van der Waals surface area contributed by atoms with Gasteiger partial charge in [-0.2, -0.15) is 0 Å². The van der Waals surface area contributed by atoms with Crippen molar-refractivity contribution in [3.05, 3.63) is 18.1 Å². The van der Waals surface area contributed by atoms with Gasteiger partial charge in [-0.15, -0.1) is 0 Å². The molecular formula is C12H21N5. The number of nitrogens with one attached hydrogen (secondary N) is 1. The maximum absolute atomic E-state index is 5.64. The molecule has 94 valence electrons. The van der Waals surface area contributed by atoms with Crippen LogP contribution >= 0.6 is 0 Å². The summed E-state index contributed by atoms with van der Waals surface area (Å²) in [6.07, 6.45) is 5.62. The molecule has 0 aromatic carbocycles. The lowest BCUT2D eigenvalue weighted by Gasteiger charge is -2.27. The van der Waals surface area contributed by atoms with E-state index in [1.807, 2.05) is 0 Å². The van der Waals surface area contributed by atoms with Crippen molar-refractivity contribution in [2.24, 2.45) is 0 Å². The molecule has 0 bridgehead atoms. The number of hydrogen-bond acceptors (Lipinski definition) is 5. The fourth-order valence-electron chi connectivity index (χ4n) is 2.25. The van der Waals surface area contributed by atoms with E-state index in [0.29, 0.717) is 11.9 Å². The smallest absolute Gasteiger partial charge is 0.144 e. The van der Waals surface area contributed by atoms with E-state index in [2.05, 4.69) is 27.2 Å². The van der Waals surface area contributed by atoms with Crippen LogP contribution in [0.1, 0.15) is 25.1 Å². The van der Waals surface area contributed by atoms with Crippen molar-refractivity contribution in [3.63, 3.8) is 0 Å². The molecule has 1 saturated heterocycles. The minimum atomic E-state index is 0.541. The third-order valence-corrected chi connectivity index (χ3v) is 3.08. The summed E-state index contributed by atoms with van der Waals surface area (Å²) in [5.41, 5.74) is 5.64. The Bertz CT molecular complexity index is 349. The zero-order chi connectivity index (χ0) is 12.1. The summed E-state index contributed by atoms with van der Waals surface area (Å²) >= 11 is 0. The van der Waals surface area contributed by atoms with Gasteiger partial charge in [0.05, 0.1) is 6.54 Å². The second-order valence-electron chi connectivity index (χ2n) is 4.74. The molecule has 1 fully saturated rings. The van der Waals surface area contributed by atoms with E-state index in [0.717, 1.165) is 25.5 Å². The molecule has 17 heavy (non-hydrogen) atoms. The molecule has 0 spiro atoms. The summed E-state index contributed by atoms with van der Waals surface area (Å²) in [7, 11) is 2.10. The second-order valence-corrected chi connectivity index (χ2v) is 4.74. The van der Waals surface area contributed by atoms with Gasteiger partial charge in [-0.25, -0.2) is 9.97 Å². The summed E-state index contributed by atoms with van der Waals surface area (Å²) in [5, 5.41) is 3.54. The number of likely N-dealkylation sites (N-methyl/N-ethyl adjacent to an activating group) is 1. The van der Waals surface area contributed by atoms with Crippen LogP contribution in [0.4, 0.5) is 5.82 Å². The number of nitrogens with zero attached hydrogens (tertiary/aromatic N) is 3. The van der Waals surface area contributed by atoms with Crippen LogP contribution in [0.2, 0.25) is 0 Å². The topological polar surface area (TPSA) is 67.1 Å². The van der Waals surface area contributed by atoms with Gasteiger partial charge in [-0.1, -0.05) is 6.42 Å². The van der Waals surface area contributed by atoms with Gasteiger partial charge in [0.2, 0.25) is 0 Å². The predicted octanol–water partition coefficient (Wildman–Crippen LogP) is 0.633. The van der Waals surface area contributed by atoms with Crippen molar-refractivity contribution in [1.29, 1.82) is 0 Å². The molecule has 0 aliphatic carbocycles. The zero-order valence-corrected chi connectivity index (χ0v) is 10.4. The van der Waals surface area contributed by atoms with Crippen LogP contribution in [0, 0.1) is 0 Å². The van der Waals surface area contributed by atoms with Crippen molar-refractivity contribution in [3.8, 4) is 0 Å². The molecule has 2 heterocycles.